The first-order valence-corrected chi connectivity index (χ1v) is 9.21. The first-order chi connectivity index (χ1) is 12.2. The predicted octanol–water partition coefficient (Wildman–Crippen LogP) is 4.72. The Morgan fingerprint density at radius 2 is 1.70 bits per heavy atom. The molecule has 3 heterocycles. The van der Waals surface area contributed by atoms with Crippen molar-refractivity contribution >= 4 is 60.0 Å². The second-order valence-corrected chi connectivity index (χ2v) is 6.62. The second-order valence-electron chi connectivity index (χ2n) is 5.83. The van der Waals surface area contributed by atoms with Gasteiger partial charge in [-0.15, -0.1) is 24.8 Å². The second kappa shape index (κ2) is 11.5. The van der Waals surface area contributed by atoms with Crippen LogP contribution in [0.4, 0.5) is 5.69 Å². The predicted molar refractivity (Wildman–Crippen MR) is 121 cm³/mol. The Hall–Kier alpha value is -1.31. The SMILES string of the molecule is CCN1CCN(c2ccccc2Cl)CC1.Cl.Cl.S=c1[nH]nc2ccccn12. The van der Waals surface area contributed by atoms with Gasteiger partial charge in [-0.1, -0.05) is 36.7 Å². The lowest BCUT2D eigenvalue weighted by molar-refractivity contribution is 0.271. The van der Waals surface area contributed by atoms with Crippen molar-refractivity contribution in [3.05, 3.63) is 58.5 Å². The minimum absolute atomic E-state index is 0. The lowest BCUT2D eigenvalue weighted by Crippen LogP contribution is -2.46. The zero-order valence-electron chi connectivity index (χ0n) is 15.0. The van der Waals surface area contributed by atoms with Crippen molar-refractivity contribution in [1.82, 2.24) is 19.5 Å². The summed E-state index contributed by atoms with van der Waals surface area (Å²) >= 11 is 11.1. The number of benzene rings is 1. The Morgan fingerprint density at radius 3 is 2.33 bits per heavy atom. The molecule has 0 spiro atoms. The molecule has 1 fully saturated rings. The van der Waals surface area contributed by atoms with Crippen LogP contribution >= 0.6 is 48.6 Å². The van der Waals surface area contributed by atoms with Crippen LogP contribution in [0.5, 0.6) is 0 Å². The average molecular weight is 449 g/mol. The van der Waals surface area contributed by atoms with E-state index in [1.54, 1.807) is 0 Å². The first-order valence-electron chi connectivity index (χ1n) is 8.42. The molecular weight excluding hydrogens is 425 g/mol. The van der Waals surface area contributed by atoms with Crippen LogP contribution < -0.4 is 4.90 Å². The molecule has 1 aromatic carbocycles. The Kier molecular flexibility index (Phi) is 10.1. The summed E-state index contributed by atoms with van der Waals surface area (Å²) in [5.41, 5.74) is 2.03. The summed E-state index contributed by atoms with van der Waals surface area (Å²) in [6, 6.07) is 13.8. The highest BCUT2D eigenvalue weighted by atomic mass is 35.5. The number of nitrogens with one attached hydrogen (secondary N) is 1. The van der Waals surface area contributed by atoms with E-state index in [0.29, 0.717) is 4.77 Å². The van der Waals surface area contributed by atoms with Crippen molar-refractivity contribution in [2.24, 2.45) is 0 Å². The molecule has 1 aliphatic rings. The van der Waals surface area contributed by atoms with E-state index in [1.165, 1.54) is 5.69 Å². The van der Waals surface area contributed by atoms with E-state index in [-0.39, 0.29) is 24.8 Å². The topological polar surface area (TPSA) is 39.6 Å². The quantitative estimate of drug-likeness (QED) is 0.576. The maximum absolute atomic E-state index is 6.17. The summed E-state index contributed by atoms with van der Waals surface area (Å²) in [5.74, 6) is 0. The van der Waals surface area contributed by atoms with E-state index in [2.05, 4.69) is 33.0 Å². The fourth-order valence-electron chi connectivity index (χ4n) is 2.87. The van der Waals surface area contributed by atoms with Gasteiger partial charge in [0, 0.05) is 32.4 Å². The summed E-state index contributed by atoms with van der Waals surface area (Å²) in [7, 11) is 0. The highest BCUT2D eigenvalue weighted by molar-refractivity contribution is 7.71. The number of hydrogen-bond donors (Lipinski definition) is 1. The van der Waals surface area contributed by atoms with Crippen LogP contribution in [0.25, 0.3) is 5.65 Å². The molecule has 5 nitrogen and oxygen atoms in total. The highest BCUT2D eigenvalue weighted by Crippen LogP contribution is 2.25. The molecule has 0 saturated carbocycles. The maximum Gasteiger partial charge on any atom is 0.199 e. The Balaban J connectivity index is 0.000000267. The van der Waals surface area contributed by atoms with Crippen molar-refractivity contribution in [3.8, 4) is 0 Å². The zero-order valence-corrected chi connectivity index (χ0v) is 18.3. The fourth-order valence-corrected chi connectivity index (χ4v) is 3.32. The van der Waals surface area contributed by atoms with Gasteiger partial charge in [0.1, 0.15) is 0 Å². The van der Waals surface area contributed by atoms with E-state index < -0.39 is 0 Å². The molecule has 27 heavy (non-hydrogen) atoms. The molecule has 0 bridgehead atoms. The number of halogens is 3. The van der Waals surface area contributed by atoms with Crippen LogP contribution in [0.2, 0.25) is 5.02 Å². The average Bonchev–Trinajstić information content (AvgIpc) is 3.04. The first kappa shape index (κ1) is 23.7. The molecule has 148 valence electrons. The van der Waals surface area contributed by atoms with Gasteiger partial charge in [0.25, 0.3) is 0 Å². The van der Waals surface area contributed by atoms with Gasteiger partial charge in [0.15, 0.2) is 10.4 Å². The molecule has 1 saturated heterocycles. The minimum Gasteiger partial charge on any atom is -0.368 e. The van der Waals surface area contributed by atoms with Crippen molar-refractivity contribution in [1.29, 1.82) is 0 Å². The standard InChI is InChI=1S/C12H17ClN2.C6H5N3S.2ClH/c1-2-14-7-9-15(10-8-14)12-6-4-3-5-11(12)13;10-6-8-7-5-3-1-2-4-9(5)6;;/h3-6H,2,7-10H2,1H3;1-4H,(H,8,10);2*1H. The van der Waals surface area contributed by atoms with Crippen LogP contribution in [0.15, 0.2) is 48.7 Å². The number of piperazine rings is 1. The molecule has 0 amide bonds. The van der Waals surface area contributed by atoms with Crippen LogP contribution in [0, 0.1) is 4.77 Å². The largest absolute Gasteiger partial charge is 0.368 e. The lowest BCUT2D eigenvalue weighted by Gasteiger charge is -2.35. The number of H-pyrrole nitrogens is 1. The Bertz CT molecular complexity index is 874. The van der Waals surface area contributed by atoms with Crippen molar-refractivity contribution in [3.63, 3.8) is 0 Å². The summed E-state index contributed by atoms with van der Waals surface area (Å²) in [6.45, 7) is 7.81. The molecule has 0 atom stereocenters. The van der Waals surface area contributed by atoms with Gasteiger partial charge in [0.05, 0.1) is 10.7 Å². The summed E-state index contributed by atoms with van der Waals surface area (Å²) in [5, 5.41) is 7.52. The third-order valence-corrected chi connectivity index (χ3v) is 4.94. The highest BCUT2D eigenvalue weighted by Gasteiger charge is 2.16. The fraction of sp³-hybridized carbons (Fsp3) is 0.333. The third kappa shape index (κ3) is 6.09. The molecule has 4 rings (SSSR count). The minimum atomic E-state index is 0. The van der Waals surface area contributed by atoms with Crippen LogP contribution in [0.3, 0.4) is 0 Å². The monoisotopic (exact) mass is 447 g/mol. The lowest BCUT2D eigenvalue weighted by atomic mass is 10.2. The molecule has 3 aromatic rings. The van der Waals surface area contributed by atoms with E-state index in [1.807, 2.05) is 47.0 Å². The molecule has 0 aliphatic carbocycles. The van der Waals surface area contributed by atoms with Crippen LogP contribution in [-0.2, 0) is 0 Å². The molecule has 1 N–H and O–H groups in total. The van der Waals surface area contributed by atoms with Gasteiger partial charge >= 0.3 is 0 Å². The van der Waals surface area contributed by atoms with Gasteiger partial charge in [-0.25, -0.2) is 0 Å². The number of hydrogen-bond acceptors (Lipinski definition) is 4. The number of nitrogens with zero attached hydrogens (tertiary/aromatic N) is 4. The van der Waals surface area contributed by atoms with E-state index in [9.17, 15) is 0 Å². The van der Waals surface area contributed by atoms with E-state index in [0.717, 1.165) is 43.4 Å². The summed E-state index contributed by atoms with van der Waals surface area (Å²) < 4.78 is 2.45. The van der Waals surface area contributed by atoms with Crippen LogP contribution in [0.1, 0.15) is 6.92 Å². The Morgan fingerprint density at radius 1 is 1.04 bits per heavy atom. The third-order valence-electron chi connectivity index (χ3n) is 4.34. The van der Waals surface area contributed by atoms with Gasteiger partial charge in [0.2, 0.25) is 0 Å². The molecular formula is C18H24Cl3N5S. The molecule has 2 aromatic heterocycles. The number of pyridine rings is 1. The molecule has 1 aliphatic heterocycles. The summed E-state index contributed by atoms with van der Waals surface area (Å²) in [4.78, 5) is 4.84. The number of para-hydroxylation sites is 1. The molecule has 0 unspecified atom stereocenters. The Labute approximate surface area is 182 Å². The molecule has 0 radical (unpaired) electrons. The van der Waals surface area contributed by atoms with Crippen molar-refractivity contribution in [2.45, 2.75) is 6.92 Å². The summed E-state index contributed by atoms with van der Waals surface area (Å²) in [6.07, 6.45) is 1.88. The smallest absolute Gasteiger partial charge is 0.199 e. The van der Waals surface area contributed by atoms with Crippen molar-refractivity contribution in [2.75, 3.05) is 37.6 Å². The number of aromatic nitrogens is 3. The maximum atomic E-state index is 6.17. The number of likely N-dealkylation sites (N-methyl/N-ethyl adjacent to an activating group) is 1. The van der Waals surface area contributed by atoms with Gasteiger partial charge in [-0.2, -0.15) is 5.10 Å². The van der Waals surface area contributed by atoms with Gasteiger partial charge in [-0.05, 0) is 43.0 Å². The van der Waals surface area contributed by atoms with Crippen LogP contribution in [-0.4, -0.2) is 52.2 Å². The van der Waals surface area contributed by atoms with E-state index in [4.69, 9.17) is 23.8 Å². The van der Waals surface area contributed by atoms with E-state index >= 15 is 0 Å². The number of aromatic amines is 1. The number of anilines is 1. The van der Waals surface area contributed by atoms with Crippen molar-refractivity contribution < 1.29 is 0 Å². The van der Waals surface area contributed by atoms with Gasteiger partial charge < -0.3 is 9.80 Å². The van der Waals surface area contributed by atoms with Gasteiger partial charge in [-0.3, -0.25) is 9.50 Å². The zero-order chi connectivity index (χ0) is 17.6. The molecule has 9 heteroatoms. The number of rotatable bonds is 2. The number of fused-ring (bicyclic) bond motifs is 1. The normalized spacial score (nSPS) is 13.9.